The molecule has 0 saturated heterocycles. The van der Waals surface area contributed by atoms with E-state index in [1.54, 1.807) is 6.07 Å². The third-order valence-corrected chi connectivity index (χ3v) is 4.40. The summed E-state index contributed by atoms with van der Waals surface area (Å²) in [6.45, 7) is 0. The zero-order valence-corrected chi connectivity index (χ0v) is 16.3. The first kappa shape index (κ1) is 21.8. The number of carbonyl (C=O) groups excluding carboxylic acids is 3. The van der Waals surface area contributed by atoms with Crippen molar-refractivity contribution in [1.29, 1.82) is 5.26 Å². The van der Waals surface area contributed by atoms with E-state index in [1.165, 1.54) is 24.3 Å². The van der Waals surface area contributed by atoms with E-state index in [1.807, 2.05) is 6.07 Å². The molecule has 0 radical (unpaired) electrons. The highest BCUT2D eigenvalue weighted by atomic mass is 16.6. The topological polar surface area (TPSA) is 185 Å². The Labute approximate surface area is 178 Å². The van der Waals surface area contributed by atoms with Crippen LogP contribution < -0.4 is 10.9 Å². The number of hydrogen-bond acceptors (Lipinski definition) is 9. The Morgan fingerprint density at radius 2 is 1.97 bits per heavy atom. The number of carbonyl (C=O) groups is 3. The van der Waals surface area contributed by atoms with Gasteiger partial charge in [0, 0.05) is 12.1 Å². The summed E-state index contributed by atoms with van der Waals surface area (Å²) in [6.07, 6.45) is 0. The van der Waals surface area contributed by atoms with Crippen LogP contribution in [0, 0.1) is 21.4 Å². The molecule has 3 aromatic rings. The lowest BCUT2D eigenvalue weighted by atomic mass is 9.99. The number of fused-ring (bicyclic) bond motifs is 1. The van der Waals surface area contributed by atoms with Gasteiger partial charge in [0.05, 0.1) is 34.3 Å². The van der Waals surface area contributed by atoms with Crippen molar-refractivity contribution in [2.45, 2.75) is 5.92 Å². The van der Waals surface area contributed by atoms with E-state index in [-0.39, 0.29) is 28.0 Å². The summed E-state index contributed by atoms with van der Waals surface area (Å²) in [5, 5.41) is 22.3. The van der Waals surface area contributed by atoms with Crippen molar-refractivity contribution in [2.75, 3.05) is 12.4 Å². The first-order valence-corrected chi connectivity index (χ1v) is 8.87. The van der Waals surface area contributed by atoms with Crippen LogP contribution in [-0.2, 0) is 19.1 Å². The molecule has 0 aliphatic carbocycles. The van der Waals surface area contributed by atoms with Gasteiger partial charge in [0.1, 0.15) is 11.8 Å². The van der Waals surface area contributed by atoms with E-state index >= 15 is 0 Å². The van der Waals surface area contributed by atoms with Gasteiger partial charge in [-0.25, -0.2) is 4.98 Å². The molecule has 2 aromatic carbocycles. The molecule has 1 heterocycles. The standard InChI is InChI=1S/C20H13N5O7/c1-32-20(29)15(17(26)19(28)23-12-5-3-2-4-10(12)9-21)16-18(27)24-14-8-11(25(30)31)6-7-13(14)22-16/h2-8,15H,1H3,(H,23,28)(H,24,27)/t15-/m1/s1. The van der Waals surface area contributed by atoms with Crippen LogP contribution in [0.2, 0.25) is 0 Å². The lowest BCUT2D eigenvalue weighted by molar-refractivity contribution is -0.384. The Kier molecular flexibility index (Phi) is 6.02. The number of nitro groups is 1. The minimum absolute atomic E-state index is 0.00332. The maximum Gasteiger partial charge on any atom is 0.323 e. The second-order valence-corrected chi connectivity index (χ2v) is 6.34. The molecule has 1 aromatic heterocycles. The molecule has 1 amide bonds. The summed E-state index contributed by atoms with van der Waals surface area (Å²) in [5.41, 5.74) is -1.78. The van der Waals surface area contributed by atoms with Crippen LogP contribution in [0.15, 0.2) is 47.3 Å². The molecule has 160 valence electrons. The molecule has 0 bridgehead atoms. The number of aromatic nitrogens is 2. The smallest absolute Gasteiger partial charge is 0.323 e. The van der Waals surface area contributed by atoms with Gasteiger partial charge in [0.15, 0.2) is 5.92 Å². The first-order chi connectivity index (χ1) is 15.3. The molecule has 0 saturated carbocycles. The fourth-order valence-electron chi connectivity index (χ4n) is 2.86. The van der Waals surface area contributed by atoms with Crippen LogP contribution in [0.3, 0.4) is 0 Å². The van der Waals surface area contributed by atoms with Crippen LogP contribution >= 0.6 is 0 Å². The van der Waals surface area contributed by atoms with Gasteiger partial charge >= 0.3 is 5.97 Å². The maximum absolute atomic E-state index is 12.8. The van der Waals surface area contributed by atoms with Crippen LogP contribution in [0.1, 0.15) is 17.2 Å². The van der Waals surface area contributed by atoms with Gasteiger partial charge in [-0.1, -0.05) is 12.1 Å². The molecule has 0 fully saturated rings. The average Bonchev–Trinajstić information content (AvgIpc) is 2.79. The Morgan fingerprint density at radius 1 is 1.25 bits per heavy atom. The second-order valence-electron chi connectivity index (χ2n) is 6.34. The number of hydrogen-bond donors (Lipinski definition) is 2. The Morgan fingerprint density at radius 3 is 2.62 bits per heavy atom. The molecule has 0 spiro atoms. The first-order valence-electron chi connectivity index (χ1n) is 8.87. The number of amides is 1. The van der Waals surface area contributed by atoms with Crippen LogP contribution in [0.4, 0.5) is 11.4 Å². The van der Waals surface area contributed by atoms with Crippen molar-refractivity contribution in [3.8, 4) is 6.07 Å². The van der Waals surface area contributed by atoms with E-state index in [9.17, 15) is 29.3 Å². The number of ether oxygens (including phenoxy) is 1. The van der Waals surface area contributed by atoms with E-state index in [4.69, 9.17) is 5.26 Å². The van der Waals surface area contributed by atoms with Gasteiger partial charge in [-0.15, -0.1) is 0 Å². The fourth-order valence-corrected chi connectivity index (χ4v) is 2.86. The molecule has 0 aliphatic heterocycles. The molecule has 12 nitrogen and oxygen atoms in total. The number of aromatic amines is 1. The van der Waals surface area contributed by atoms with Gasteiger partial charge in [-0.3, -0.25) is 29.3 Å². The normalized spacial score (nSPS) is 11.2. The minimum Gasteiger partial charge on any atom is -0.468 e. The highest BCUT2D eigenvalue weighted by Crippen LogP contribution is 2.21. The second kappa shape index (κ2) is 8.84. The lowest BCUT2D eigenvalue weighted by Crippen LogP contribution is -2.37. The fraction of sp³-hybridized carbons (Fsp3) is 0.100. The summed E-state index contributed by atoms with van der Waals surface area (Å²) in [5.74, 6) is -5.83. The number of non-ortho nitro benzene ring substituents is 1. The lowest BCUT2D eigenvalue weighted by Gasteiger charge is -2.13. The van der Waals surface area contributed by atoms with Crippen molar-refractivity contribution in [3.05, 3.63) is 74.2 Å². The van der Waals surface area contributed by atoms with Gasteiger partial charge in [0.2, 0.25) is 5.78 Å². The largest absolute Gasteiger partial charge is 0.468 e. The molecule has 32 heavy (non-hydrogen) atoms. The van der Waals surface area contributed by atoms with E-state index < -0.39 is 39.8 Å². The number of esters is 1. The number of methoxy groups -OCH3 is 1. The zero-order chi connectivity index (χ0) is 23.4. The van der Waals surface area contributed by atoms with Crippen molar-refractivity contribution < 1.29 is 24.0 Å². The van der Waals surface area contributed by atoms with E-state index in [0.29, 0.717) is 0 Å². The molecule has 2 N–H and O–H groups in total. The van der Waals surface area contributed by atoms with Crippen molar-refractivity contribution in [2.24, 2.45) is 0 Å². The van der Waals surface area contributed by atoms with E-state index in [0.717, 1.165) is 19.2 Å². The summed E-state index contributed by atoms with van der Waals surface area (Å²) >= 11 is 0. The average molecular weight is 435 g/mol. The molecule has 12 heteroatoms. The van der Waals surface area contributed by atoms with Gasteiger partial charge in [0.25, 0.3) is 17.2 Å². The third kappa shape index (κ3) is 4.17. The van der Waals surface area contributed by atoms with Crippen molar-refractivity contribution >= 4 is 40.1 Å². The number of rotatable bonds is 6. The number of benzene rings is 2. The number of H-pyrrole nitrogens is 1. The summed E-state index contributed by atoms with van der Waals surface area (Å²) in [6, 6.07) is 11.1. The summed E-state index contributed by atoms with van der Waals surface area (Å²) in [4.78, 5) is 66.7. The summed E-state index contributed by atoms with van der Waals surface area (Å²) < 4.78 is 4.58. The molecule has 3 rings (SSSR count). The quantitative estimate of drug-likeness (QED) is 0.188. The zero-order valence-electron chi connectivity index (χ0n) is 16.3. The Balaban J connectivity index is 2.03. The van der Waals surface area contributed by atoms with E-state index in [2.05, 4.69) is 20.0 Å². The van der Waals surface area contributed by atoms with Crippen molar-refractivity contribution in [3.63, 3.8) is 0 Å². The number of nitro benzene ring substituents is 1. The maximum atomic E-state index is 12.8. The number of nitrogens with zero attached hydrogens (tertiary/aromatic N) is 3. The minimum atomic E-state index is -2.00. The van der Waals surface area contributed by atoms with Crippen molar-refractivity contribution in [1.82, 2.24) is 9.97 Å². The van der Waals surface area contributed by atoms with Gasteiger partial charge in [-0.2, -0.15) is 5.26 Å². The summed E-state index contributed by atoms with van der Waals surface area (Å²) in [7, 11) is 0.962. The molecule has 0 unspecified atom stereocenters. The van der Waals surface area contributed by atoms with Crippen LogP contribution in [-0.4, -0.2) is 39.7 Å². The third-order valence-electron chi connectivity index (χ3n) is 4.40. The molecular weight excluding hydrogens is 422 g/mol. The Bertz CT molecular complexity index is 1370. The van der Waals surface area contributed by atoms with Crippen LogP contribution in [0.5, 0.6) is 0 Å². The van der Waals surface area contributed by atoms with Gasteiger partial charge < -0.3 is 15.0 Å². The monoisotopic (exact) mass is 435 g/mol. The number of Topliss-reactive ketones (excluding diaryl/α,β-unsaturated/α-hetero) is 1. The highest BCUT2D eigenvalue weighted by Gasteiger charge is 2.38. The van der Waals surface area contributed by atoms with Crippen LogP contribution in [0.25, 0.3) is 11.0 Å². The number of para-hydroxylation sites is 1. The molecule has 1 atom stereocenters. The molecular formula is C20H13N5O7. The predicted octanol–water partition coefficient (Wildman–Crippen LogP) is 1.17. The highest BCUT2D eigenvalue weighted by molar-refractivity contribution is 6.45. The number of anilines is 1. The SMILES string of the molecule is COC(=O)[C@@H](C(=O)C(=O)Nc1ccccc1C#N)c1nc2ccc([N+](=O)[O-])cc2[nH]c1=O. The van der Waals surface area contributed by atoms with Gasteiger partial charge in [-0.05, 0) is 18.2 Å². The number of nitrogens with one attached hydrogen (secondary N) is 2. The predicted molar refractivity (Wildman–Crippen MR) is 109 cm³/mol. The number of ketones is 1. The number of nitriles is 1. The molecule has 0 aliphatic rings. The Hall–Kier alpha value is -4.92.